The van der Waals surface area contributed by atoms with E-state index in [1.54, 1.807) is 110 Å². The van der Waals surface area contributed by atoms with Crippen LogP contribution in [0, 0.1) is 53.0 Å². The van der Waals surface area contributed by atoms with Crippen molar-refractivity contribution in [3.8, 4) is 70.1 Å². The molecule has 3 aliphatic rings. The Labute approximate surface area is 561 Å². The number of fused-ring (bicyclic) bond motifs is 6. The zero-order chi connectivity index (χ0) is 66.6. The van der Waals surface area contributed by atoms with E-state index in [0.717, 1.165) is 68.3 Å². The van der Waals surface area contributed by atoms with E-state index in [1.165, 1.54) is 29.3 Å². The van der Waals surface area contributed by atoms with Crippen LogP contribution in [-0.2, 0) is 39.3 Å². The number of hydrogen-bond acceptors (Lipinski definition) is 18. The lowest BCUT2D eigenvalue weighted by Crippen LogP contribution is -2.17. The van der Waals surface area contributed by atoms with Gasteiger partial charge in [0.25, 0.3) is 0 Å². The van der Waals surface area contributed by atoms with Gasteiger partial charge in [0.05, 0.1) is 29.6 Å². The fourth-order valence-corrected chi connectivity index (χ4v) is 11.6. The summed E-state index contributed by atoms with van der Waals surface area (Å²) in [6, 6.07) is 43.5. The molecule has 21 nitrogen and oxygen atoms in total. The number of nitrogens with one attached hydrogen (secondary N) is 3. The number of rotatable bonds is 6. The first-order valence-corrected chi connectivity index (χ1v) is 31.1. The molecule has 0 fully saturated rings. The first kappa shape index (κ1) is 60.1. The SMILES string of the molecule is C(#Cc1ccnc(-c2ccnc(N3Cc4ccccc4C3)n2)n1)c1ccc2[nH]ncc2c1.Fc1ccc2c(c1)CN(c1nccc(-c3nccc(C#Cc4cc(F)c5[nH]ncc5c4)n3)n1)C2.Fc1ccc2c(c1)CN(c1nccc(-c3nccc(C#Cc4ccc5[nH]ncc5c4)n3)n1)C2. The molecule has 0 saturated carbocycles. The lowest BCUT2D eigenvalue weighted by molar-refractivity contribution is 0.625. The summed E-state index contributed by atoms with van der Waals surface area (Å²) >= 11 is 0. The van der Waals surface area contributed by atoms with Crippen molar-refractivity contribution in [2.45, 2.75) is 39.3 Å². The van der Waals surface area contributed by atoms with Crippen molar-refractivity contribution in [2.75, 3.05) is 14.7 Å². The molecule has 15 aromatic rings. The largest absolute Gasteiger partial charge is 0.332 e. The summed E-state index contributed by atoms with van der Waals surface area (Å²) in [6.45, 7) is 3.92. The molecule has 0 spiro atoms. The predicted octanol–water partition coefficient (Wildman–Crippen LogP) is 11.6. The second-order valence-electron chi connectivity index (χ2n) is 23.1. The summed E-state index contributed by atoms with van der Waals surface area (Å²) in [4.78, 5) is 60.1. The fraction of sp³-hybridized carbons (Fsp3) is 0.0800. The van der Waals surface area contributed by atoms with Crippen LogP contribution >= 0.6 is 0 Å². The highest BCUT2D eigenvalue weighted by molar-refractivity contribution is 5.81. The smallest absolute Gasteiger partial charge is 0.226 e. The molecule has 0 radical (unpaired) electrons. The van der Waals surface area contributed by atoms with Crippen LogP contribution in [0.4, 0.5) is 31.0 Å². The van der Waals surface area contributed by atoms with Gasteiger partial charge in [-0.15, -0.1) is 0 Å². The molecule has 0 saturated heterocycles. The number of aromatic amines is 3. The van der Waals surface area contributed by atoms with Crippen molar-refractivity contribution in [3.05, 3.63) is 286 Å². The summed E-state index contributed by atoms with van der Waals surface area (Å²) in [6.07, 6.45) is 15.2. The Hall–Kier alpha value is -13.9. The van der Waals surface area contributed by atoms with E-state index in [4.69, 9.17) is 4.98 Å². The lowest BCUT2D eigenvalue weighted by Gasteiger charge is -2.15. The molecule has 24 heteroatoms. The fourth-order valence-electron chi connectivity index (χ4n) is 11.6. The van der Waals surface area contributed by atoms with Crippen LogP contribution in [-0.4, -0.2) is 90.4 Å². The maximum absolute atomic E-state index is 14.2. The molecule has 12 heterocycles. The molecule has 0 aliphatic carbocycles. The zero-order valence-electron chi connectivity index (χ0n) is 52.0. The van der Waals surface area contributed by atoms with Crippen LogP contribution in [0.1, 0.15) is 67.2 Å². The van der Waals surface area contributed by atoms with E-state index < -0.39 is 5.82 Å². The third kappa shape index (κ3) is 13.3. The van der Waals surface area contributed by atoms with Gasteiger partial charge in [0, 0.05) is 109 Å². The maximum Gasteiger partial charge on any atom is 0.226 e. The first-order chi connectivity index (χ1) is 48.6. The molecule has 474 valence electrons. The van der Waals surface area contributed by atoms with Gasteiger partial charge in [-0.2, -0.15) is 15.3 Å². The standard InChI is InChI=1S/C25H15F2N7.C25H16FN7.C25H17N7/c26-19-3-2-16-13-34(14-18(16)11-19)25-29-8-6-22(32-25)24-28-7-5-20(31-24)4-1-15-9-17-12-30-33-23(17)21(27)10-15;26-20-4-3-17-14-33(15-19(17)12-20)25-28-10-8-23(31-25)24-27-9-7-21(30-24)5-1-16-2-6-22-18(11-16)13-29-32-22;1-2-4-19-16-32(15-18(19)3-1)25-27-12-10-23(30-25)24-26-11-9-21(29-24)7-5-17-6-8-22-20(13-17)14-28-31-22/h2-3,5-12H,13-14H2,(H,30,33);2-4,6-13H,14-15H2,(H,29,32);1-4,6,8-14H,15-16H2,(H,28,31). The summed E-state index contributed by atoms with van der Waals surface area (Å²) in [5.74, 6) is 20.6. The Kier molecular flexibility index (Phi) is 16.1. The van der Waals surface area contributed by atoms with Crippen LogP contribution in [0.2, 0.25) is 0 Å². The van der Waals surface area contributed by atoms with E-state index in [1.807, 2.05) is 58.3 Å². The van der Waals surface area contributed by atoms with Gasteiger partial charge in [-0.1, -0.05) is 54.2 Å². The number of aromatic nitrogens is 18. The number of anilines is 3. The number of halogens is 3. The molecular weight excluding hydrogens is 1250 g/mol. The zero-order valence-corrected chi connectivity index (χ0v) is 52.0. The van der Waals surface area contributed by atoms with Crippen molar-refractivity contribution in [1.29, 1.82) is 0 Å². The van der Waals surface area contributed by atoms with E-state index in [9.17, 15) is 13.2 Å². The maximum atomic E-state index is 14.2. The van der Waals surface area contributed by atoms with Crippen LogP contribution in [0.3, 0.4) is 0 Å². The average molecular weight is 1300 g/mol. The number of hydrogen-bond donors (Lipinski definition) is 3. The van der Waals surface area contributed by atoms with Gasteiger partial charge < -0.3 is 14.7 Å². The summed E-state index contributed by atoms with van der Waals surface area (Å²) in [7, 11) is 0. The van der Waals surface area contributed by atoms with Crippen LogP contribution < -0.4 is 14.7 Å². The van der Waals surface area contributed by atoms with Gasteiger partial charge in [-0.3, -0.25) is 15.3 Å². The molecule has 0 unspecified atom stereocenters. The van der Waals surface area contributed by atoms with Gasteiger partial charge in [-0.05, 0) is 160 Å². The van der Waals surface area contributed by atoms with Crippen molar-refractivity contribution in [1.82, 2.24) is 90.4 Å². The van der Waals surface area contributed by atoms with Gasteiger partial charge >= 0.3 is 0 Å². The van der Waals surface area contributed by atoms with E-state index in [-0.39, 0.29) is 11.6 Å². The second kappa shape index (κ2) is 26.5. The Morgan fingerprint density at radius 2 is 0.707 bits per heavy atom. The van der Waals surface area contributed by atoms with Gasteiger partial charge in [0.15, 0.2) is 17.5 Å². The Morgan fingerprint density at radius 1 is 0.323 bits per heavy atom. The molecule has 3 N–H and O–H groups in total. The van der Waals surface area contributed by atoms with Crippen molar-refractivity contribution < 1.29 is 13.2 Å². The summed E-state index contributed by atoms with van der Waals surface area (Å²) in [5.41, 5.74) is 14.7. The molecule has 18 rings (SSSR count). The van der Waals surface area contributed by atoms with Gasteiger partial charge in [0.1, 0.15) is 57.1 Å². The Morgan fingerprint density at radius 3 is 1.16 bits per heavy atom. The number of nitrogens with zero attached hydrogens (tertiary/aromatic N) is 18. The van der Waals surface area contributed by atoms with Crippen molar-refractivity contribution in [3.63, 3.8) is 0 Å². The first-order valence-electron chi connectivity index (χ1n) is 31.1. The third-order valence-corrected chi connectivity index (χ3v) is 16.4. The highest BCUT2D eigenvalue weighted by Gasteiger charge is 2.25. The van der Waals surface area contributed by atoms with Gasteiger partial charge in [-0.25, -0.2) is 73.0 Å². The minimum Gasteiger partial charge on any atom is -0.332 e. The van der Waals surface area contributed by atoms with E-state index in [0.29, 0.717) is 112 Å². The van der Waals surface area contributed by atoms with E-state index in [2.05, 4.69) is 150 Å². The highest BCUT2D eigenvalue weighted by Crippen LogP contribution is 2.31. The normalized spacial score (nSPS) is 12.5. The Bertz CT molecular complexity index is 5790. The number of H-pyrrole nitrogens is 3. The minimum atomic E-state index is -0.414. The monoisotopic (exact) mass is 1300 g/mol. The molecule has 9 aromatic heterocycles. The average Bonchev–Trinajstić information content (AvgIpc) is 1.71. The summed E-state index contributed by atoms with van der Waals surface area (Å²) < 4.78 is 41.3. The van der Waals surface area contributed by atoms with Crippen LogP contribution in [0.15, 0.2) is 201 Å². The third-order valence-electron chi connectivity index (χ3n) is 16.4. The minimum absolute atomic E-state index is 0.235. The van der Waals surface area contributed by atoms with Gasteiger partial charge in [0.2, 0.25) is 17.8 Å². The molecule has 0 bridgehead atoms. The van der Waals surface area contributed by atoms with Crippen molar-refractivity contribution >= 4 is 50.6 Å². The highest BCUT2D eigenvalue weighted by atomic mass is 19.1. The molecule has 99 heavy (non-hydrogen) atoms. The number of benzene rings is 6. The topological polar surface area (TPSA) is 250 Å². The Balaban J connectivity index is 0.000000116. The second-order valence-corrected chi connectivity index (χ2v) is 23.1. The van der Waals surface area contributed by atoms with Crippen LogP contribution in [0.5, 0.6) is 0 Å². The van der Waals surface area contributed by atoms with Crippen molar-refractivity contribution in [2.24, 2.45) is 0 Å². The molecular formula is C75H48F3N21. The van der Waals surface area contributed by atoms with E-state index >= 15 is 0 Å². The lowest BCUT2D eigenvalue weighted by atomic mass is 10.1. The summed E-state index contributed by atoms with van der Waals surface area (Å²) in [5, 5.41) is 23.1. The quantitative estimate of drug-likeness (QED) is 0.131. The predicted molar refractivity (Wildman–Crippen MR) is 364 cm³/mol. The molecule has 3 aliphatic heterocycles. The molecule has 0 atom stereocenters. The molecule has 6 aromatic carbocycles. The van der Waals surface area contributed by atoms with Crippen LogP contribution in [0.25, 0.3) is 67.3 Å². The molecule has 0 amide bonds.